The van der Waals surface area contributed by atoms with Gasteiger partial charge >= 0.3 is 0 Å². The van der Waals surface area contributed by atoms with Gasteiger partial charge in [0.15, 0.2) is 0 Å². The Morgan fingerprint density at radius 1 is 1.15 bits per heavy atom. The Balaban J connectivity index is 2.14. The molecule has 2 rings (SSSR count). The highest BCUT2D eigenvalue weighted by atomic mass is 16.5. The van der Waals surface area contributed by atoms with E-state index in [0.29, 0.717) is 11.8 Å². The lowest BCUT2D eigenvalue weighted by molar-refractivity contribution is 0.458. The molecule has 0 aliphatic heterocycles. The van der Waals surface area contributed by atoms with Gasteiger partial charge in [-0.2, -0.15) is 4.98 Å². The fraction of sp³-hybridized carbons (Fsp3) is 0.375. The van der Waals surface area contributed by atoms with E-state index in [1.165, 1.54) is 5.56 Å². The summed E-state index contributed by atoms with van der Waals surface area (Å²) in [5, 5.41) is 3.08. The molecule has 0 aliphatic carbocycles. The lowest BCUT2D eigenvalue weighted by Crippen LogP contribution is -2.03. The average molecular weight is 271 g/mol. The van der Waals surface area contributed by atoms with Crippen LogP contribution in [0.5, 0.6) is 11.6 Å². The Labute approximate surface area is 120 Å². The third kappa shape index (κ3) is 3.70. The van der Waals surface area contributed by atoms with Crippen LogP contribution in [0.15, 0.2) is 30.5 Å². The number of hydrogen-bond donors (Lipinski definition) is 1. The zero-order valence-electron chi connectivity index (χ0n) is 12.3. The lowest BCUT2D eigenvalue weighted by Gasteiger charge is -2.09. The van der Waals surface area contributed by atoms with Gasteiger partial charge in [0.2, 0.25) is 11.8 Å². The number of anilines is 1. The zero-order valence-corrected chi connectivity index (χ0v) is 12.3. The van der Waals surface area contributed by atoms with Crippen molar-refractivity contribution in [2.75, 3.05) is 11.9 Å². The molecule has 0 spiro atoms. The second-order valence-electron chi connectivity index (χ2n) is 4.71. The Bertz CT molecular complexity index is 552. The highest BCUT2D eigenvalue weighted by Gasteiger charge is 2.06. The number of benzene rings is 1. The van der Waals surface area contributed by atoms with Gasteiger partial charge in [0.1, 0.15) is 5.75 Å². The van der Waals surface area contributed by atoms with E-state index in [4.69, 9.17) is 4.74 Å². The van der Waals surface area contributed by atoms with E-state index >= 15 is 0 Å². The molecule has 0 amide bonds. The third-order valence-corrected chi connectivity index (χ3v) is 2.94. The number of nitrogens with zero attached hydrogens (tertiary/aromatic N) is 2. The van der Waals surface area contributed by atoms with E-state index in [0.717, 1.165) is 30.7 Å². The van der Waals surface area contributed by atoms with Crippen molar-refractivity contribution < 1.29 is 4.74 Å². The lowest BCUT2D eigenvalue weighted by atomic mass is 10.1. The van der Waals surface area contributed by atoms with Crippen molar-refractivity contribution >= 4 is 5.95 Å². The van der Waals surface area contributed by atoms with Crippen LogP contribution in [0.2, 0.25) is 0 Å². The van der Waals surface area contributed by atoms with Gasteiger partial charge in [-0.1, -0.05) is 25.5 Å². The number of aromatic nitrogens is 2. The van der Waals surface area contributed by atoms with Gasteiger partial charge in [0, 0.05) is 18.3 Å². The third-order valence-electron chi connectivity index (χ3n) is 2.94. The fourth-order valence-electron chi connectivity index (χ4n) is 1.90. The molecule has 4 nitrogen and oxygen atoms in total. The molecule has 0 saturated heterocycles. The summed E-state index contributed by atoms with van der Waals surface area (Å²) < 4.78 is 5.84. The van der Waals surface area contributed by atoms with Crippen molar-refractivity contribution in [3.05, 3.63) is 41.6 Å². The zero-order chi connectivity index (χ0) is 14.4. The van der Waals surface area contributed by atoms with Crippen LogP contribution >= 0.6 is 0 Å². The first-order valence-electron chi connectivity index (χ1n) is 7.07. The number of nitrogens with one attached hydrogen (secondary N) is 1. The predicted molar refractivity (Wildman–Crippen MR) is 81.4 cm³/mol. The van der Waals surface area contributed by atoms with Gasteiger partial charge in [-0.15, -0.1) is 0 Å². The summed E-state index contributed by atoms with van der Waals surface area (Å²) in [5.41, 5.74) is 2.25. The van der Waals surface area contributed by atoms with E-state index in [9.17, 15) is 0 Å². The van der Waals surface area contributed by atoms with Crippen LogP contribution < -0.4 is 10.1 Å². The van der Waals surface area contributed by atoms with Crippen LogP contribution in [0.1, 0.15) is 31.4 Å². The summed E-state index contributed by atoms with van der Waals surface area (Å²) in [5.74, 6) is 1.99. The van der Waals surface area contributed by atoms with Crippen molar-refractivity contribution in [2.45, 2.75) is 33.6 Å². The molecule has 1 N–H and O–H groups in total. The molecule has 0 atom stereocenters. The van der Waals surface area contributed by atoms with Crippen LogP contribution in [0.3, 0.4) is 0 Å². The van der Waals surface area contributed by atoms with Crippen molar-refractivity contribution in [2.24, 2.45) is 0 Å². The minimum absolute atomic E-state index is 0.593. The first kappa shape index (κ1) is 14.3. The Hall–Kier alpha value is -2.10. The van der Waals surface area contributed by atoms with Crippen LogP contribution in [-0.4, -0.2) is 16.5 Å². The topological polar surface area (TPSA) is 47.0 Å². The SMILES string of the molecule is CCCc1ccc(Oc2nc(NCC)ncc2C)cc1. The van der Waals surface area contributed by atoms with Crippen LogP contribution in [0, 0.1) is 6.92 Å². The molecule has 0 saturated carbocycles. The molecular formula is C16H21N3O. The predicted octanol–water partition coefficient (Wildman–Crippen LogP) is 3.96. The van der Waals surface area contributed by atoms with E-state index < -0.39 is 0 Å². The normalized spacial score (nSPS) is 10.3. The minimum Gasteiger partial charge on any atom is -0.439 e. The number of rotatable bonds is 6. The van der Waals surface area contributed by atoms with Crippen molar-refractivity contribution in [1.29, 1.82) is 0 Å². The van der Waals surface area contributed by atoms with Crippen molar-refractivity contribution in [1.82, 2.24) is 9.97 Å². The minimum atomic E-state index is 0.593. The van der Waals surface area contributed by atoms with Crippen molar-refractivity contribution in [3.8, 4) is 11.6 Å². The Morgan fingerprint density at radius 2 is 1.90 bits per heavy atom. The summed E-state index contributed by atoms with van der Waals surface area (Å²) in [6, 6.07) is 8.17. The smallest absolute Gasteiger partial charge is 0.226 e. The molecule has 1 aromatic heterocycles. The largest absolute Gasteiger partial charge is 0.439 e. The van der Waals surface area contributed by atoms with E-state index in [-0.39, 0.29) is 0 Å². The van der Waals surface area contributed by atoms with Crippen LogP contribution in [0.25, 0.3) is 0 Å². The summed E-state index contributed by atoms with van der Waals surface area (Å²) in [6.45, 7) is 6.91. The van der Waals surface area contributed by atoms with E-state index in [1.54, 1.807) is 6.20 Å². The van der Waals surface area contributed by atoms with E-state index in [1.807, 2.05) is 26.0 Å². The van der Waals surface area contributed by atoms with Crippen molar-refractivity contribution in [3.63, 3.8) is 0 Å². The molecular weight excluding hydrogens is 250 g/mol. The molecule has 2 aromatic rings. The van der Waals surface area contributed by atoms with Gasteiger partial charge in [-0.3, -0.25) is 0 Å². The fourth-order valence-corrected chi connectivity index (χ4v) is 1.90. The molecule has 0 fully saturated rings. The molecule has 0 aliphatic rings. The monoisotopic (exact) mass is 271 g/mol. The molecule has 106 valence electrons. The standard InChI is InChI=1S/C16H21N3O/c1-4-6-13-7-9-14(10-8-13)20-15-12(3)11-18-16(19-15)17-5-2/h7-11H,4-6H2,1-3H3,(H,17,18,19). The molecule has 0 bridgehead atoms. The number of aryl methyl sites for hydroxylation is 2. The van der Waals surface area contributed by atoms with Crippen LogP contribution in [0.4, 0.5) is 5.95 Å². The summed E-state index contributed by atoms with van der Waals surface area (Å²) in [4.78, 5) is 8.58. The maximum atomic E-state index is 5.84. The van der Waals surface area contributed by atoms with Gasteiger partial charge in [-0.05, 0) is 38.0 Å². The summed E-state index contributed by atoms with van der Waals surface area (Å²) >= 11 is 0. The van der Waals surface area contributed by atoms with Crippen LogP contribution in [-0.2, 0) is 6.42 Å². The Kier molecular flexibility index (Phi) is 4.93. The molecule has 4 heteroatoms. The maximum Gasteiger partial charge on any atom is 0.226 e. The highest BCUT2D eigenvalue weighted by Crippen LogP contribution is 2.23. The average Bonchev–Trinajstić information content (AvgIpc) is 2.45. The first-order chi connectivity index (χ1) is 9.72. The first-order valence-corrected chi connectivity index (χ1v) is 7.07. The molecule has 1 heterocycles. The van der Waals surface area contributed by atoms with Gasteiger partial charge in [0.25, 0.3) is 0 Å². The van der Waals surface area contributed by atoms with Gasteiger partial charge in [0.05, 0.1) is 0 Å². The molecule has 0 radical (unpaired) electrons. The van der Waals surface area contributed by atoms with E-state index in [2.05, 4.69) is 34.3 Å². The quantitative estimate of drug-likeness (QED) is 0.863. The maximum absolute atomic E-state index is 5.84. The molecule has 0 unspecified atom stereocenters. The summed E-state index contributed by atoms with van der Waals surface area (Å²) in [6.07, 6.45) is 4.01. The summed E-state index contributed by atoms with van der Waals surface area (Å²) in [7, 11) is 0. The molecule has 20 heavy (non-hydrogen) atoms. The number of hydrogen-bond acceptors (Lipinski definition) is 4. The Morgan fingerprint density at radius 3 is 2.55 bits per heavy atom. The van der Waals surface area contributed by atoms with Gasteiger partial charge in [-0.25, -0.2) is 4.98 Å². The second kappa shape index (κ2) is 6.89. The second-order valence-corrected chi connectivity index (χ2v) is 4.71. The highest BCUT2D eigenvalue weighted by molar-refractivity contribution is 5.36. The molecule has 1 aromatic carbocycles. The number of ether oxygens (including phenoxy) is 1. The van der Waals surface area contributed by atoms with Gasteiger partial charge < -0.3 is 10.1 Å².